The molecule has 2 heterocycles. The molecule has 26 heavy (non-hydrogen) atoms. The topological polar surface area (TPSA) is 85.1 Å². The van der Waals surface area contributed by atoms with Crippen LogP contribution in [0.4, 0.5) is 0 Å². The molecule has 0 saturated carbocycles. The molecule has 7 nitrogen and oxygen atoms in total. The smallest absolute Gasteiger partial charge is 0.0545 e. The Bertz CT molecular complexity index is 418. The van der Waals surface area contributed by atoms with Crippen LogP contribution in [0.15, 0.2) is 18.2 Å². The Morgan fingerprint density at radius 2 is 0.885 bits per heavy atom. The molecule has 0 unspecified atom stereocenters. The Hall–Kier alpha value is -1.09. The molecule has 0 amide bonds. The summed E-state index contributed by atoms with van der Waals surface area (Å²) in [5.74, 6) is 0. The van der Waals surface area contributed by atoms with E-state index >= 15 is 0 Å². The lowest BCUT2D eigenvalue weighted by atomic mass is 10.3. The minimum absolute atomic E-state index is 0.840. The molecular formula is C19H37N7. The van der Waals surface area contributed by atoms with E-state index in [1.165, 1.54) is 0 Å². The van der Waals surface area contributed by atoms with Crippen LogP contribution < -0.4 is 31.9 Å². The maximum atomic E-state index is 4.72. The number of pyridine rings is 1. The summed E-state index contributed by atoms with van der Waals surface area (Å²) in [6.45, 7) is 12.0. The number of aromatic nitrogens is 1. The van der Waals surface area contributed by atoms with Crippen LogP contribution in [-0.2, 0) is 13.1 Å². The van der Waals surface area contributed by atoms with Gasteiger partial charge in [-0.3, -0.25) is 4.98 Å². The summed E-state index contributed by atoms with van der Waals surface area (Å²) in [4.78, 5) is 4.72. The standard InChI is InChI=1S/C19H37N7/c1-4-18-16-24-8-2-6-20-10-12-22-14-15-23-13-11-21-7-3-9-25-17-19(5-1)26-18/h1,4-5,20-25H,2-3,6-17H2. The van der Waals surface area contributed by atoms with Crippen molar-refractivity contribution in [2.45, 2.75) is 25.9 Å². The highest BCUT2D eigenvalue weighted by molar-refractivity contribution is 5.11. The second-order valence-corrected chi connectivity index (χ2v) is 6.68. The average Bonchev–Trinajstić information content (AvgIpc) is 2.66. The van der Waals surface area contributed by atoms with Crippen LogP contribution in [-0.4, -0.2) is 70.4 Å². The first-order valence-corrected chi connectivity index (χ1v) is 10.1. The third-order valence-corrected chi connectivity index (χ3v) is 4.33. The molecule has 148 valence electrons. The van der Waals surface area contributed by atoms with E-state index in [0.29, 0.717) is 0 Å². The molecule has 2 bridgehead atoms. The zero-order valence-electron chi connectivity index (χ0n) is 16.1. The van der Waals surface area contributed by atoms with E-state index in [-0.39, 0.29) is 0 Å². The van der Waals surface area contributed by atoms with Gasteiger partial charge in [0.2, 0.25) is 0 Å². The van der Waals surface area contributed by atoms with E-state index in [2.05, 4.69) is 50.1 Å². The minimum atomic E-state index is 0.840. The average molecular weight is 364 g/mol. The maximum absolute atomic E-state index is 4.72. The summed E-state index contributed by atoms with van der Waals surface area (Å²) in [5.41, 5.74) is 2.24. The Balaban J connectivity index is 1.68. The molecule has 6 N–H and O–H groups in total. The summed E-state index contributed by atoms with van der Waals surface area (Å²) in [6, 6.07) is 6.30. The first-order chi connectivity index (χ1) is 12.9. The zero-order valence-corrected chi connectivity index (χ0v) is 16.1. The fraction of sp³-hybridized carbons (Fsp3) is 0.737. The van der Waals surface area contributed by atoms with Gasteiger partial charge in [0.25, 0.3) is 0 Å². The predicted molar refractivity (Wildman–Crippen MR) is 108 cm³/mol. The van der Waals surface area contributed by atoms with Gasteiger partial charge in [-0.25, -0.2) is 0 Å². The number of nitrogens with one attached hydrogen (secondary N) is 6. The van der Waals surface area contributed by atoms with E-state index in [0.717, 1.165) is 103 Å². The normalized spacial score (nSPS) is 21.1. The van der Waals surface area contributed by atoms with Gasteiger partial charge in [-0.15, -0.1) is 0 Å². The van der Waals surface area contributed by atoms with Crippen molar-refractivity contribution >= 4 is 0 Å². The Morgan fingerprint density at radius 3 is 1.35 bits per heavy atom. The fourth-order valence-electron chi connectivity index (χ4n) is 2.87. The van der Waals surface area contributed by atoms with Gasteiger partial charge in [-0.05, 0) is 51.2 Å². The predicted octanol–water partition coefficient (Wildman–Crippen LogP) is -0.587. The molecule has 0 aliphatic carbocycles. The number of hydrogen-bond donors (Lipinski definition) is 6. The number of rotatable bonds is 0. The van der Waals surface area contributed by atoms with Gasteiger partial charge >= 0.3 is 0 Å². The van der Waals surface area contributed by atoms with E-state index < -0.39 is 0 Å². The van der Waals surface area contributed by atoms with Crippen LogP contribution >= 0.6 is 0 Å². The highest BCUT2D eigenvalue weighted by Crippen LogP contribution is 1.99. The van der Waals surface area contributed by atoms with Crippen molar-refractivity contribution < 1.29 is 0 Å². The zero-order chi connectivity index (χ0) is 18.1. The van der Waals surface area contributed by atoms with Gasteiger partial charge in [0.05, 0.1) is 11.4 Å². The van der Waals surface area contributed by atoms with Crippen LogP contribution in [0.1, 0.15) is 24.2 Å². The molecule has 0 spiro atoms. The lowest BCUT2D eigenvalue weighted by Gasteiger charge is -2.09. The molecule has 1 aliphatic rings. The molecule has 0 fully saturated rings. The highest BCUT2D eigenvalue weighted by atomic mass is 15.0. The van der Waals surface area contributed by atoms with Crippen molar-refractivity contribution in [2.75, 3.05) is 65.4 Å². The van der Waals surface area contributed by atoms with Gasteiger partial charge < -0.3 is 31.9 Å². The van der Waals surface area contributed by atoms with Gasteiger partial charge in [0, 0.05) is 52.4 Å². The maximum Gasteiger partial charge on any atom is 0.0545 e. The summed E-state index contributed by atoms with van der Waals surface area (Å²) >= 11 is 0. The molecule has 1 aromatic rings. The third-order valence-electron chi connectivity index (χ3n) is 4.33. The van der Waals surface area contributed by atoms with E-state index in [9.17, 15) is 0 Å². The quantitative estimate of drug-likeness (QED) is 0.368. The van der Waals surface area contributed by atoms with Crippen molar-refractivity contribution in [3.8, 4) is 0 Å². The SMILES string of the molecule is c1cc2nc(c1)CNCCCNCCNCCNCCNCCCNC2. The Labute approximate surface area is 158 Å². The van der Waals surface area contributed by atoms with Crippen LogP contribution in [0.3, 0.4) is 0 Å². The minimum Gasteiger partial charge on any atom is -0.315 e. The summed E-state index contributed by atoms with van der Waals surface area (Å²) < 4.78 is 0. The van der Waals surface area contributed by atoms with Gasteiger partial charge in [0.1, 0.15) is 0 Å². The van der Waals surface area contributed by atoms with E-state index in [1.807, 2.05) is 0 Å². The summed E-state index contributed by atoms with van der Waals surface area (Å²) in [5, 5.41) is 20.8. The molecule has 0 saturated heterocycles. The Morgan fingerprint density at radius 1 is 0.500 bits per heavy atom. The molecule has 0 atom stereocenters. The lowest BCUT2D eigenvalue weighted by molar-refractivity contribution is 0.548. The largest absolute Gasteiger partial charge is 0.315 e. The van der Waals surface area contributed by atoms with Crippen molar-refractivity contribution in [2.24, 2.45) is 0 Å². The molecule has 0 aromatic carbocycles. The number of fused-ring (bicyclic) bond motifs is 2. The van der Waals surface area contributed by atoms with Crippen molar-refractivity contribution in [3.05, 3.63) is 29.6 Å². The van der Waals surface area contributed by atoms with Crippen LogP contribution in [0.25, 0.3) is 0 Å². The molecule has 1 aromatic heterocycles. The second-order valence-electron chi connectivity index (χ2n) is 6.68. The van der Waals surface area contributed by atoms with Gasteiger partial charge in [-0.2, -0.15) is 0 Å². The number of nitrogens with zero attached hydrogens (tertiary/aromatic N) is 1. The number of hydrogen-bond acceptors (Lipinski definition) is 7. The monoisotopic (exact) mass is 363 g/mol. The van der Waals surface area contributed by atoms with Crippen molar-refractivity contribution in [1.82, 2.24) is 36.9 Å². The second kappa shape index (κ2) is 15.0. The van der Waals surface area contributed by atoms with Crippen LogP contribution in [0.5, 0.6) is 0 Å². The highest BCUT2D eigenvalue weighted by Gasteiger charge is 1.99. The molecule has 7 heteroatoms. The third kappa shape index (κ3) is 10.8. The fourth-order valence-corrected chi connectivity index (χ4v) is 2.87. The lowest BCUT2D eigenvalue weighted by Crippen LogP contribution is -2.35. The van der Waals surface area contributed by atoms with Crippen molar-refractivity contribution in [3.63, 3.8) is 0 Å². The summed E-state index contributed by atoms with van der Waals surface area (Å²) in [6.07, 6.45) is 2.27. The molecule has 2 rings (SSSR count). The molecule has 0 radical (unpaired) electrons. The van der Waals surface area contributed by atoms with Gasteiger partial charge in [-0.1, -0.05) is 6.07 Å². The van der Waals surface area contributed by atoms with Crippen molar-refractivity contribution in [1.29, 1.82) is 0 Å². The summed E-state index contributed by atoms with van der Waals surface area (Å²) in [7, 11) is 0. The van der Waals surface area contributed by atoms with Crippen LogP contribution in [0, 0.1) is 0 Å². The van der Waals surface area contributed by atoms with E-state index in [1.54, 1.807) is 0 Å². The first kappa shape index (κ1) is 21.2. The molecule has 1 aliphatic heterocycles. The first-order valence-electron chi connectivity index (χ1n) is 10.1. The molecular weight excluding hydrogens is 326 g/mol. The van der Waals surface area contributed by atoms with Gasteiger partial charge in [0.15, 0.2) is 0 Å². The van der Waals surface area contributed by atoms with E-state index in [4.69, 9.17) is 4.98 Å². The Kier molecular flexibility index (Phi) is 12.3. The van der Waals surface area contributed by atoms with Crippen LogP contribution in [0.2, 0.25) is 0 Å².